The molecular weight excluding hydrogens is 509 g/mol. The summed E-state index contributed by atoms with van der Waals surface area (Å²) in [7, 11) is 0.681. The average Bonchev–Trinajstić information content (AvgIpc) is 3.28. The number of hydrogen-bond donors (Lipinski definition) is 0. The van der Waals surface area contributed by atoms with E-state index < -0.39 is 9.84 Å². The van der Waals surface area contributed by atoms with E-state index in [0.29, 0.717) is 15.2 Å². The lowest BCUT2D eigenvalue weighted by atomic mass is 10.1. The van der Waals surface area contributed by atoms with Crippen LogP contribution in [0.3, 0.4) is 0 Å². The van der Waals surface area contributed by atoms with Crippen molar-refractivity contribution in [3.63, 3.8) is 0 Å². The largest absolute Gasteiger partial charge is 1.00 e. The van der Waals surface area contributed by atoms with Crippen molar-refractivity contribution in [3.8, 4) is 5.69 Å². The van der Waals surface area contributed by atoms with Crippen molar-refractivity contribution in [2.75, 3.05) is 14.1 Å². The SMILES string of the molecule is C[N+]1(C)Cc2cc(S(=O)(=O)c3ccccc3)c3cnn(-c4ccccc4)c3c2C1.[I-]. The zero-order valence-electron chi connectivity index (χ0n) is 16.8. The van der Waals surface area contributed by atoms with E-state index in [2.05, 4.69) is 19.2 Å². The van der Waals surface area contributed by atoms with Gasteiger partial charge in [0.25, 0.3) is 0 Å². The first-order valence-corrected chi connectivity index (χ1v) is 11.1. The third-order valence-corrected chi connectivity index (χ3v) is 7.35. The van der Waals surface area contributed by atoms with Crippen LogP contribution < -0.4 is 24.0 Å². The molecule has 0 spiro atoms. The molecule has 2 heterocycles. The van der Waals surface area contributed by atoms with E-state index in [4.69, 9.17) is 0 Å². The third-order valence-electron chi connectivity index (χ3n) is 5.54. The number of aromatic nitrogens is 2. The van der Waals surface area contributed by atoms with Gasteiger partial charge in [-0.15, -0.1) is 0 Å². The number of hydrogen-bond acceptors (Lipinski definition) is 3. The molecule has 0 N–H and O–H groups in total. The van der Waals surface area contributed by atoms with Crippen LogP contribution in [0.5, 0.6) is 0 Å². The first kappa shape index (κ1) is 21.0. The Bertz CT molecular complexity index is 1330. The molecule has 154 valence electrons. The van der Waals surface area contributed by atoms with Crippen LogP contribution >= 0.6 is 0 Å². The second-order valence-electron chi connectivity index (χ2n) is 8.24. The fourth-order valence-corrected chi connectivity index (χ4v) is 5.78. The van der Waals surface area contributed by atoms with Gasteiger partial charge in [0.2, 0.25) is 9.84 Å². The molecule has 0 fully saturated rings. The molecule has 0 amide bonds. The first-order chi connectivity index (χ1) is 13.9. The second-order valence-corrected chi connectivity index (χ2v) is 10.2. The second kappa shape index (κ2) is 7.47. The summed E-state index contributed by atoms with van der Waals surface area (Å²) in [5.74, 6) is 0. The Balaban J connectivity index is 0.00000218. The van der Waals surface area contributed by atoms with E-state index in [-0.39, 0.29) is 24.0 Å². The molecule has 4 aromatic rings. The summed E-state index contributed by atoms with van der Waals surface area (Å²) >= 11 is 0. The van der Waals surface area contributed by atoms with Crippen LogP contribution in [0.25, 0.3) is 16.6 Å². The van der Waals surface area contributed by atoms with E-state index in [1.54, 1.807) is 30.5 Å². The minimum absolute atomic E-state index is 0. The third kappa shape index (κ3) is 3.34. The minimum atomic E-state index is -3.65. The van der Waals surface area contributed by atoms with Gasteiger partial charge in [-0.2, -0.15) is 5.10 Å². The average molecular weight is 531 g/mol. The maximum absolute atomic E-state index is 13.5. The Morgan fingerprint density at radius 3 is 2.23 bits per heavy atom. The van der Waals surface area contributed by atoms with Crippen LogP contribution in [0.4, 0.5) is 0 Å². The fourth-order valence-electron chi connectivity index (χ4n) is 4.27. The minimum Gasteiger partial charge on any atom is -1.00 e. The standard InChI is InChI=1S/C23H22N3O2S.HI/c1-26(2)15-17-13-22(29(27,28)19-11-7-4-8-12-19)20-14-24-25(23(20)21(17)16-26)18-9-5-3-6-10-18;/h3-14H,15-16H2,1-2H3;1H/q+1;/p-1. The lowest BCUT2D eigenvalue weighted by Gasteiger charge is -2.22. The molecule has 0 radical (unpaired) electrons. The molecule has 5 nitrogen and oxygen atoms in total. The summed E-state index contributed by atoms with van der Waals surface area (Å²) < 4.78 is 29.7. The number of quaternary nitrogens is 1. The predicted octanol–water partition coefficient (Wildman–Crippen LogP) is 0.952. The van der Waals surface area contributed by atoms with Gasteiger partial charge in [-0.25, -0.2) is 13.1 Å². The van der Waals surface area contributed by atoms with Gasteiger partial charge >= 0.3 is 0 Å². The van der Waals surface area contributed by atoms with Crippen molar-refractivity contribution in [1.29, 1.82) is 0 Å². The van der Waals surface area contributed by atoms with Crippen molar-refractivity contribution in [2.24, 2.45) is 0 Å². The summed E-state index contributed by atoms with van der Waals surface area (Å²) in [4.78, 5) is 0.641. The van der Waals surface area contributed by atoms with Gasteiger partial charge in [0.05, 0.1) is 41.3 Å². The van der Waals surface area contributed by atoms with Crippen molar-refractivity contribution < 1.29 is 36.9 Å². The molecule has 7 heteroatoms. The zero-order valence-corrected chi connectivity index (χ0v) is 19.8. The van der Waals surface area contributed by atoms with Crippen molar-refractivity contribution >= 4 is 20.7 Å². The smallest absolute Gasteiger partial charge is 0.207 e. The molecule has 3 aromatic carbocycles. The molecule has 1 aromatic heterocycles. The number of halogens is 1. The Morgan fingerprint density at radius 1 is 0.933 bits per heavy atom. The topological polar surface area (TPSA) is 52.0 Å². The molecule has 0 saturated heterocycles. The summed E-state index contributed by atoms with van der Waals surface area (Å²) in [6.07, 6.45) is 1.69. The number of para-hydroxylation sites is 1. The molecule has 0 bridgehead atoms. The number of nitrogens with zero attached hydrogens (tertiary/aromatic N) is 3. The van der Waals surface area contributed by atoms with Crippen LogP contribution in [-0.4, -0.2) is 36.8 Å². The van der Waals surface area contributed by atoms with Gasteiger partial charge in [-0.1, -0.05) is 36.4 Å². The highest BCUT2D eigenvalue weighted by Gasteiger charge is 2.34. The molecule has 30 heavy (non-hydrogen) atoms. The number of rotatable bonds is 3. The zero-order chi connectivity index (χ0) is 20.2. The Kier molecular flexibility index (Phi) is 5.24. The van der Waals surface area contributed by atoms with Gasteiger partial charge in [0, 0.05) is 16.5 Å². The molecule has 0 atom stereocenters. The maximum Gasteiger partial charge on any atom is 0.207 e. The molecule has 1 aliphatic heterocycles. The highest BCUT2D eigenvalue weighted by atomic mass is 127. The van der Waals surface area contributed by atoms with Crippen molar-refractivity contribution in [2.45, 2.75) is 22.9 Å². The Labute approximate surface area is 193 Å². The van der Waals surface area contributed by atoms with E-state index >= 15 is 0 Å². The Hall–Kier alpha value is -2.23. The van der Waals surface area contributed by atoms with Crippen LogP contribution in [0.1, 0.15) is 11.1 Å². The molecule has 5 rings (SSSR count). The van der Waals surface area contributed by atoms with E-state index in [9.17, 15) is 8.42 Å². The van der Waals surface area contributed by atoms with Crippen LogP contribution in [-0.2, 0) is 22.9 Å². The highest BCUT2D eigenvalue weighted by Crippen LogP contribution is 2.39. The number of fused-ring (bicyclic) bond motifs is 3. The van der Waals surface area contributed by atoms with Crippen LogP contribution in [0, 0.1) is 0 Å². The quantitative estimate of drug-likeness (QED) is 0.293. The summed E-state index contributed by atoms with van der Waals surface area (Å²) in [5.41, 5.74) is 4.08. The molecule has 1 aliphatic rings. The summed E-state index contributed by atoms with van der Waals surface area (Å²) in [6, 6.07) is 20.4. The fraction of sp³-hybridized carbons (Fsp3) is 0.174. The predicted molar refractivity (Wildman–Crippen MR) is 112 cm³/mol. The lowest BCUT2D eigenvalue weighted by Crippen LogP contribution is -3.00. The molecule has 0 aliphatic carbocycles. The number of benzene rings is 3. The van der Waals surface area contributed by atoms with Gasteiger partial charge in [0.1, 0.15) is 13.1 Å². The molecule has 0 saturated carbocycles. The van der Waals surface area contributed by atoms with Gasteiger partial charge in [-0.3, -0.25) is 0 Å². The van der Waals surface area contributed by atoms with E-state index in [1.165, 1.54) is 5.56 Å². The van der Waals surface area contributed by atoms with E-state index in [0.717, 1.165) is 34.3 Å². The number of sulfone groups is 1. The summed E-state index contributed by atoms with van der Waals surface area (Å²) in [6.45, 7) is 1.64. The van der Waals surface area contributed by atoms with Crippen molar-refractivity contribution in [1.82, 2.24) is 9.78 Å². The normalized spacial score (nSPS) is 15.0. The summed E-state index contributed by atoms with van der Waals surface area (Å²) in [5, 5.41) is 5.28. The van der Waals surface area contributed by atoms with Gasteiger partial charge in [-0.05, 0) is 30.3 Å². The highest BCUT2D eigenvalue weighted by molar-refractivity contribution is 7.91. The van der Waals surface area contributed by atoms with Crippen LogP contribution in [0.15, 0.2) is 82.7 Å². The maximum atomic E-state index is 13.5. The van der Waals surface area contributed by atoms with Crippen molar-refractivity contribution in [3.05, 3.63) is 84.1 Å². The van der Waals surface area contributed by atoms with E-state index in [1.807, 2.05) is 47.1 Å². The monoisotopic (exact) mass is 531 g/mol. The molecule has 0 unspecified atom stereocenters. The first-order valence-electron chi connectivity index (χ1n) is 9.57. The van der Waals surface area contributed by atoms with Gasteiger partial charge < -0.3 is 28.5 Å². The van der Waals surface area contributed by atoms with Gasteiger partial charge in [0.15, 0.2) is 0 Å². The molecular formula is C23H22IN3O2S. The Morgan fingerprint density at radius 2 is 1.57 bits per heavy atom. The van der Waals surface area contributed by atoms with Crippen LogP contribution in [0.2, 0.25) is 0 Å². The lowest BCUT2D eigenvalue weighted by molar-refractivity contribution is -0.909.